The molecule has 0 aliphatic rings. The molecule has 0 heterocycles. The Balaban J connectivity index is 5.30. The molecule has 10 heavy (non-hydrogen) atoms. The monoisotopic (exact) mass is 124 g/mol. The average molecular weight is 124 g/mol. The fraction of sp³-hybridized carbons (Fsp3) is 0. The maximum absolute atomic E-state index is 3.27. The van der Waals surface area contributed by atoms with E-state index in [0.29, 0.717) is 0 Å². The van der Waals surface area contributed by atoms with E-state index in [9.17, 15) is 0 Å². The summed E-state index contributed by atoms with van der Waals surface area (Å²) in [7, 11) is 0. The van der Waals surface area contributed by atoms with Crippen molar-refractivity contribution in [1.29, 1.82) is 0 Å². The van der Waals surface area contributed by atoms with Crippen LogP contribution >= 0.6 is 0 Å². The Morgan fingerprint density at radius 1 is 0.500 bits per heavy atom. The van der Waals surface area contributed by atoms with Crippen molar-refractivity contribution >= 4 is 0 Å². The molecule has 0 atom stereocenters. The molecule has 0 radical (unpaired) electrons. The van der Waals surface area contributed by atoms with Crippen molar-refractivity contribution in [2.24, 2.45) is 0 Å². The quantitative estimate of drug-likeness (QED) is 0.433. The van der Waals surface area contributed by atoms with Crippen LogP contribution in [0.4, 0.5) is 0 Å². The van der Waals surface area contributed by atoms with E-state index < -0.39 is 0 Å². The highest BCUT2D eigenvalue weighted by Gasteiger charge is 1.35. The van der Waals surface area contributed by atoms with E-state index in [4.69, 9.17) is 0 Å². The SMILES string of the molecule is C=C=C=C=C=C=C=C=C=C. The predicted molar refractivity (Wildman–Crippen MR) is 39.4 cm³/mol. The first-order valence-corrected chi connectivity index (χ1v) is 2.46. The van der Waals surface area contributed by atoms with Gasteiger partial charge < -0.3 is 0 Å². The summed E-state index contributed by atoms with van der Waals surface area (Å²) in [6.07, 6.45) is 0. The summed E-state index contributed by atoms with van der Waals surface area (Å²) in [4.78, 5) is 0. The lowest BCUT2D eigenvalue weighted by Crippen LogP contribution is -1.20. The van der Waals surface area contributed by atoms with Gasteiger partial charge in [0.25, 0.3) is 0 Å². The summed E-state index contributed by atoms with van der Waals surface area (Å²) in [6.45, 7) is 6.54. The topological polar surface area (TPSA) is 0 Å². The maximum Gasteiger partial charge on any atom is -0.0000228 e. The van der Waals surface area contributed by atoms with Crippen molar-refractivity contribution in [3.8, 4) is 0 Å². The average Bonchev–Trinajstić information content (AvgIpc) is 1.97. The first-order chi connectivity index (χ1) is 4.91. The van der Waals surface area contributed by atoms with Crippen molar-refractivity contribution < 1.29 is 0 Å². The smallest absolute Gasteiger partial charge is 0.0000228 e. The van der Waals surface area contributed by atoms with Crippen molar-refractivity contribution in [2.75, 3.05) is 0 Å². The molecule has 0 aromatic heterocycles. The molecule has 0 unspecified atom stereocenters. The number of hydrogen-bond donors (Lipinski definition) is 0. The molecule has 0 heteroatoms. The fourth-order valence-corrected chi connectivity index (χ4v) is 0.213. The van der Waals surface area contributed by atoms with Gasteiger partial charge in [-0.1, -0.05) is 11.5 Å². The summed E-state index contributed by atoms with van der Waals surface area (Å²) in [5.74, 6) is 0. The maximum atomic E-state index is 3.27. The molecule has 0 nitrogen and oxygen atoms in total. The Bertz CT molecular complexity index is 335. The molecule has 44 valence electrons. The second kappa shape index (κ2) is 6.98. The zero-order valence-corrected chi connectivity index (χ0v) is 5.41. The molecular weight excluding hydrogens is 120 g/mol. The van der Waals surface area contributed by atoms with Crippen LogP contribution in [0.2, 0.25) is 0 Å². The summed E-state index contributed by atoms with van der Waals surface area (Å²) in [5.41, 5.74) is 19.5. The van der Waals surface area contributed by atoms with E-state index in [1.165, 1.54) is 0 Å². The molecule has 0 rings (SSSR count). The van der Waals surface area contributed by atoms with E-state index in [-0.39, 0.29) is 0 Å². The third-order valence-corrected chi connectivity index (χ3v) is 0.489. The summed E-state index contributed by atoms with van der Waals surface area (Å²) in [6, 6.07) is 0. The Kier molecular flexibility index (Phi) is 5.57. The minimum Gasteiger partial charge on any atom is -0.0687 e. The zero-order chi connectivity index (χ0) is 7.66. The molecule has 0 bridgehead atoms. The van der Waals surface area contributed by atoms with Crippen LogP contribution in [0.15, 0.2) is 59.0 Å². The van der Waals surface area contributed by atoms with Gasteiger partial charge in [0, 0.05) is 0 Å². The minimum absolute atomic E-state index is 2.37. The highest BCUT2D eigenvalue weighted by Crippen LogP contribution is 1.52. The highest BCUT2D eigenvalue weighted by molar-refractivity contribution is 4.88. The van der Waals surface area contributed by atoms with Gasteiger partial charge >= 0.3 is 0 Å². The molecule has 0 aliphatic heterocycles. The standard InChI is InChI=1S/C10H4/c1-3-5-7-9-10-8-6-4-2/h1-2H2. The third-order valence-electron chi connectivity index (χ3n) is 0.489. The zero-order valence-electron chi connectivity index (χ0n) is 5.41. The van der Waals surface area contributed by atoms with E-state index in [0.717, 1.165) is 0 Å². The van der Waals surface area contributed by atoms with Crippen LogP contribution in [0, 0.1) is 0 Å². The molecular formula is C10H4. The highest BCUT2D eigenvalue weighted by atomic mass is 13.4. The van der Waals surface area contributed by atoms with Crippen LogP contribution in [0.1, 0.15) is 0 Å². The van der Waals surface area contributed by atoms with Gasteiger partial charge in [-0.15, -0.1) is 0 Å². The fourth-order valence-electron chi connectivity index (χ4n) is 0.213. The van der Waals surface area contributed by atoms with Crippen molar-refractivity contribution in [3.63, 3.8) is 0 Å². The van der Waals surface area contributed by atoms with Crippen LogP contribution in [-0.4, -0.2) is 0 Å². The molecule has 0 aromatic rings. The Labute approximate surface area is 59.8 Å². The summed E-state index contributed by atoms with van der Waals surface area (Å²) >= 11 is 0. The number of rotatable bonds is 0. The number of hydrogen-bond acceptors (Lipinski definition) is 0. The van der Waals surface area contributed by atoms with Gasteiger partial charge in [-0.05, 0) is 47.5 Å². The Morgan fingerprint density at radius 3 is 1.10 bits per heavy atom. The van der Waals surface area contributed by atoms with Crippen LogP contribution in [0.5, 0.6) is 0 Å². The van der Waals surface area contributed by atoms with Crippen LogP contribution in [0.25, 0.3) is 0 Å². The first kappa shape index (κ1) is 7.98. The molecule has 0 spiro atoms. The lowest BCUT2D eigenvalue weighted by atomic mass is 10.7. The second-order valence-electron chi connectivity index (χ2n) is 1.10. The molecule has 0 aromatic carbocycles. The lowest BCUT2D eigenvalue weighted by molar-refractivity contribution is 2.16. The van der Waals surface area contributed by atoms with Crippen LogP contribution in [0.3, 0.4) is 0 Å². The van der Waals surface area contributed by atoms with Crippen molar-refractivity contribution in [2.45, 2.75) is 0 Å². The third kappa shape index (κ3) is 5.98. The normalized spacial score (nSPS) is 3.60. The molecule has 0 N–H and O–H groups in total. The summed E-state index contributed by atoms with van der Waals surface area (Å²) < 4.78 is 0. The lowest BCUT2D eigenvalue weighted by Gasteiger charge is -1.37. The Hall–Kier alpha value is -2.02. The van der Waals surface area contributed by atoms with Gasteiger partial charge in [-0.25, -0.2) is 0 Å². The first-order valence-electron chi connectivity index (χ1n) is 2.46. The van der Waals surface area contributed by atoms with Gasteiger partial charge in [-0.3, -0.25) is 0 Å². The molecule has 0 saturated carbocycles. The van der Waals surface area contributed by atoms with E-state index >= 15 is 0 Å². The minimum atomic E-state index is 2.37. The van der Waals surface area contributed by atoms with E-state index in [1.807, 2.05) is 0 Å². The molecule has 0 fully saturated rings. The van der Waals surface area contributed by atoms with E-state index in [1.54, 1.807) is 0 Å². The van der Waals surface area contributed by atoms with E-state index in [2.05, 4.69) is 59.0 Å². The molecule has 0 saturated heterocycles. The van der Waals surface area contributed by atoms with Gasteiger partial charge in [-0.2, -0.15) is 0 Å². The van der Waals surface area contributed by atoms with Crippen molar-refractivity contribution in [3.05, 3.63) is 59.0 Å². The largest absolute Gasteiger partial charge is 0.0687 e. The predicted octanol–water partition coefficient (Wildman–Crippen LogP) is 2.04. The van der Waals surface area contributed by atoms with Crippen LogP contribution in [-0.2, 0) is 0 Å². The second-order valence-corrected chi connectivity index (χ2v) is 1.10. The molecule has 0 amide bonds. The van der Waals surface area contributed by atoms with Crippen molar-refractivity contribution in [1.82, 2.24) is 0 Å². The Morgan fingerprint density at radius 2 is 0.800 bits per heavy atom. The van der Waals surface area contributed by atoms with Crippen LogP contribution < -0.4 is 0 Å². The van der Waals surface area contributed by atoms with Gasteiger partial charge in [0.2, 0.25) is 0 Å². The summed E-state index contributed by atoms with van der Waals surface area (Å²) in [5, 5.41) is 0. The van der Waals surface area contributed by atoms with Gasteiger partial charge in [0.05, 0.1) is 0 Å². The molecule has 0 aliphatic carbocycles. The van der Waals surface area contributed by atoms with Gasteiger partial charge in [0.1, 0.15) is 0 Å². The van der Waals surface area contributed by atoms with Gasteiger partial charge in [0.15, 0.2) is 0 Å².